The standard InChI is InChI=1S/20ClH.5Na.5H/h20*1H;;;;;;;;;;. The van der Waals surface area contributed by atoms with Crippen molar-refractivity contribution in [1.82, 2.24) is 0 Å². The van der Waals surface area contributed by atoms with Crippen molar-refractivity contribution in [2.75, 3.05) is 0 Å². The first-order chi connectivity index (χ1) is 0. The fraction of sp³-hybridized carbons (Fsp3) is 0. The fourth-order valence-electron chi connectivity index (χ4n) is 0. The third-order valence-electron chi connectivity index (χ3n) is 0. The van der Waals surface area contributed by atoms with Crippen LogP contribution in [-0.2, 0) is 0 Å². The fourth-order valence-corrected chi connectivity index (χ4v) is 0. The van der Waals surface area contributed by atoms with Gasteiger partial charge in [-0.2, -0.15) is 0 Å². The van der Waals surface area contributed by atoms with E-state index in [1.54, 1.807) is 0 Å². The van der Waals surface area contributed by atoms with Gasteiger partial charge in [-0.05, 0) is 0 Å². The Hall–Kier alpha value is 10.8. The second kappa shape index (κ2) is 341. The maximum atomic E-state index is 0. The van der Waals surface area contributed by atoms with Crippen LogP contribution in [-0.4, -0.2) is 148 Å². The van der Waals surface area contributed by atoms with Crippen LogP contribution in [0.1, 0.15) is 0 Å². The zero-order chi connectivity index (χ0) is 0. The Morgan fingerprint density at radius 3 is 0.0800 bits per heavy atom. The monoisotopic (exact) mass is 840 g/mol. The number of hydrogen-bond donors (Lipinski definition) is 0. The molecule has 0 rings (SSSR count). The molecule has 25 heavy (non-hydrogen) atoms. The van der Waals surface area contributed by atoms with Gasteiger partial charge in [0.15, 0.2) is 0 Å². The van der Waals surface area contributed by atoms with Gasteiger partial charge in [-0.15, -0.1) is 248 Å². The zero-order valence-corrected chi connectivity index (χ0v) is 24.5. The summed E-state index contributed by atoms with van der Waals surface area (Å²) in [6, 6.07) is 0. The third-order valence-corrected chi connectivity index (χ3v) is 0. The van der Waals surface area contributed by atoms with Crippen molar-refractivity contribution in [2.45, 2.75) is 0 Å². The van der Waals surface area contributed by atoms with Crippen LogP contribution in [0.4, 0.5) is 0 Å². The van der Waals surface area contributed by atoms with E-state index >= 15 is 0 Å². The van der Waals surface area contributed by atoms with Crippen LogP contribution in [0.5, 0.6) is 0 Å². The third kappa shape index (κ3) is 321. The predicted octanol–water partition coefficient (Wildman–Crippen LogP) is 5.19. The van der Waals surface area contributed by atoms with Gasteiger partial charge in [0.1, 0.15) is 0 Å². The van der Waals surface area contributed by atoms with Gasteiger partial charge in [-0.1, -0.05) is 0 Å². The van der Waals surface area contributed by atoms with E-state index in [0.29, 0.717) is 0 Å². The number of hydrogen-bond acceptors (Lipinski definition) is 0. The topological polar surface area (TPSA) is 0 Å². The Labute approximate surface area is 386 Å². The molecule has 0 saturated heterocycles. The summed E-state index contributed by atoms with van der Waals surface area (Å²) in [4.78, 5) is 0. The van der Waals surface area contributed by atoms with Gasteiger partial charge in [-0.25, -0.2) is 0 Å². The number of rotatable bonds is 0. The van der Waals surface area contributed by atoms with E-state index in [9.17, 15) is 0 Å². The Morgan fingerprint density at radius 1 is 0.0800 bits per heavy atom. The summed E-state index contributed by atoms with van der Waals surface area (Å²) in [6.45, 7) is 0. The SMILES string of the molecule is Cl.Cl.Cl.Cl.Cl.Cl.Cl.Cl.Cl.Cl.Cl.Cl.Cl.Cl.Cl.Cl.Cl.Cl.Cl.Cl.[NaH].[NaH].[NaH].[NaH].[NaH]. The molecule has 0 aromatic carbocycles. The molecule has 0 amide bonds. The van der Waals surface area contributed by atoms with Crippen molar-refractivity contribution in [3.05, 3.63) is 0 Å². The van der Waals surface area contributed by atoms with E-state index in [2.05, 4.69) is 0 Å². The summed E-state index contributed by atoms with van der Waals surface area (Å²) in [6.07, 6.45) is 0. The molecule has 0 bridgehead atoms. The second-order valence-corrected chi connectivity index (χ2v) is 0. The van der Waals surface area contributed by atoms with E-state index in [0.717, 1.165) is 0 Å². The molecule has 0 atom stereocenters. The first-order valence-corrected chi connectivity index (χ1v) is 0. The second-order valence-electron chi connectivity index (χ2n) is 0. The van der Waals surface area contributed by atoms with Crippen LogP contribution >= 0.6 is 248 Å². The van der Waals surface area contributed by atoms with Gasteiger partial charge in [0.25, 0.3) is 0 Å². The van der Waals surface area contributed by atoms with Gasteiger partial charge in [-0.3, -0.25) is 0 Å². The van der Waals surface area contributed by atoms with Crippen molar-refractivity contribution < 1.29 is 0 Å². The summed E-state index contributed by atoms with van der Waals surface area (Å²) in [5.74, 6) is 0. The van der Waals surface area contributed by atoms with Crippen LogP contribution < -0.4 is 0 Å². The van der Waals surface area contributed by atoms with Gasteiger partial charge in [0.05, 0.1) is 0 Å². The molecule has 0 heterocycles. The van der Waals surface area contributed by atoms with Crippen molar-refractivity contribution in [3.63, 3.8) is 0 Å². The van der Waals surface area contributed by atoms with Gasteiger partial charge < -0.3 is 0 Å². The molecule has 0 radical (unpaired) electrons. The van der Waals surface area contributed by atoms with Crippen LogP contribution in [0.25, 0.3) is 0 Å². The minimum atomic E-state index is 0. The predicted molar refractivity (Wildman–Crippen MR) is 181 cm³/mol. The van der Waals surface area contributed by atoms with E-state index < -0.39 is 0 Å². The minimum absolute atomic E-state index is 0. The van der Waals surface area contributed by atoms with E-state index in [-0.39, 0.29) is 396 Å². The van der Waals surface area contributed by atoms with Crippen molar-refractivity contribution in [3.8, 4) is 0 Å². The van der Waals surface area contributed by atoms with Crippen LogP contribution in [0, 0.1) is 0 Å². The van der Waals surface area contributed by atoms with Gasteiger partial charge >= 0.3 is 148 Å². The van der Waals surface area contributed by atoms with E-state index in [1.165, 1.54) is 0 Å². The molecule has 0 aliphatic heterocycles. The molecule has 0 saturated carbocycles. The quantitative estimate of drug-likeness (QED) is 0.295. The average molecular weight is 849 g/mol. The first kappa shape index (κ1) is 372. The summed E-state index contributed by atoms with van der Waals surface area (Å²) in [7, 11) is 0. The van der Waals surface area contributed by atoms with Gasteiger partial charge in [0, 0.05) is 0 Å². The molecule has 0 aromatic heterocycles. The normalized spacial score (nSPS) is 0. The van der Waals surface area contributed by atoms with Gasteiger partial charge in [0.2, 0.25) is 0 Å². The molecular formula is H25Cl20Na5. The van der Waals surface area contributed by atoms with Crippen molar-refractivity contribution in [2.24, 2.45) is 0 Å². The number of halogens is 20. The molecule has 0 unspecified atom stereocenters. The van der Waals surface area contributed by atoms with Crippen LogP contribution in [0.3, 0.4) is 0 Å². The Kier molecular flexibility index (Phi) is 5070. The summed E-state index contributed by atoms with van der Waals surface area (Å²) >= 11 is 0. The molecule has 0 aliphatic carbocycles. The molecule has 0 spiro atoms. The first-order valence-electron chi connectivity index (χ1n) is 0. The molecule has 170 valence electrons. The van der Waals surface area contributed by atoms with Crippen molar-refractivity contribution in [1.29, 1.82) is 0 Å². The Balaban J connectivity index is 0. The molecular weight excluding hydrogens is 824 g/mol. The summed E-state index contributed by atoms with van der Waals surface area (Å²) < 4.78 is 0. The summed E-state index contributed by atoms with van der Waals surface area (Å²) in [5.41, 5.74) is 0. The molecule has 0 aliphatic rings. The maximum absolute atomic E-state index is 0. The summed E-state index contributed by atoms with van der Waals surface area (Å²) in [5, 5.41) is 0. The van der Waals surface area contributed by atoms with Crippen LogP contribution in [0.2, 0.25) is 0 Å². The van der Waals surface area contributed by atoms with Crippen LogP contribution in [0.15, 0.2) is 0 Å². The Bertz CT molecular complexity index is 18.0. The molecule has 0 aromatic rings. The molecule has 0 N–H and O–H groups in total. The van der Waals surface area contributed by atoms with Crippen molar-refractivity contribution >= 4 is 396 Å². The Morgan fingerprint density at radius 2 is 0.0800 bits per heavy atom. The molecule has 0 nitrogen and oxygen atoms in total. The molecule has 25 heteroatoms. The zero-order valence-electron chi connectivity index (χ0n) is 8.16. The average Bonchev–Trinajstić information content (AvgIpc) is 0. The van der Waals surface area contributed by atoms with E-state index in [4.69, 9.17) is 0 Å². The molecule has 0 fully saturated rings. The van der Waals surface area contributed by atoms with E-state index in [1.807, 2.05) is 0 Å².